The highest BCUT2D eigenvalue weighted by molar-refractivity contribution is 6.37. The minimum atomic E-state index is -0.364. The minimum absolute atomic E-state index is 0.327. The fourth-order valence-corrected chi connectivity index (χ4v) is 2.26. The molecule has 21 heavy (non-hydrogen) atoms. The van der Waals surface area contributed by atoms with Crippen molar-refractivity contribution in [3.8, 4) is 0 Å². The Balaban J connectivity index is 2.32. The normalized spacial score (nSPS) is 10.5. The molecule has 112 valence electrons. The predicted octanol–water partition coefficient (Wildman–Crippen LogP) is 5.40. The average molecular weight is 328 g/mol. The van der Waals surface area contributed by atoms with Crippen LogP contribution in [0.4, 0.5) is 21.7 Å². The fourth-order valence-electron chi connectivity index (χ4n) is 1.78. The zero-order valence-electron chi connectivity index (χ0n) is 11.8. The quantitative estimate of drug-likeness (QED) is 0.771. The number of nitrogens with one attached hydrogen (secondary N) is 2. The van der Waals surface area contributed by atoms with Gasteiger partial charge in [0.2, 0.25) is 0 Å². The molecule has 0 atom stereocenters. The number of hydrogen-bond acceptors (Lipinski definition) is 3. The second kappa shape index (κ2) is 6.96. The van der Waals surface area contributed by atoms with Gasteiger partial charge in [-0.25, -0.2) is 9.37 Å². The molecule has 1 aromatic carbocycles. The lowest BCUT2D eigenvalue weighted by molar-refractivity contribution is 0.631. The van der Waals surface area contributed by atoms with Gasteiger partial charge in [-0.3, -0.25) is 0 Å². The molecule has 0 bridgehead atoms. The Morgan fingerprint density at radius 2 is 1.86 bits per heavy atom. The van der Waals surface area contributed by atoms with Crippen molar-refractivity contribution in [3.63, 3.8) is 0 Å². The standard InChI is InChI=1S/C15H16Cl2FN3/c1-3-6-19-14-10(16)8-11(17)15(21-14)20-13-7-9(2)4-5-12(13)18/h4-5,7-8H,3,6H2,1-2H3,(H2,19,20,21). The highest BCUT2D eigenvalue weighted by Gasteiger charge is 2.11. The molecule has 0 fully saturated rings. The first-order valence-electron chi connectivity index (χ1n) is 6.64. The first-order valence-corrected chi connectivity index (χ1v) is 7.40. The monoisotopic (exact) mass is 327 g/mol. The summed E-state index contributed by atoms with van der Waals surface area (Å²) in [5.41, 5.74) is 1.27. The van der Waals surface area contributed by atoms with Gasteiger partial charge in [0.15, 0.2) is 5.82 Å². The van der Waals surface area contributed by atoms with E-state index in [2.05, 4.69) is 15.6 Å². The molecular formula is C15H16Cl2FN3. The van der Waals surface area contributed by atoms with Crippen LogP contribution in [0.25, 0.3) is 0 Å². The maximum atomic E-state index is 13.8. The van der Waals surface area contributed by atoms with Crippen LogP contribution in [-0.2, 0) is 0 Å². The van der Waals surface area contributed by atoms with Crippen LogP contribution in [0.2, 0.25) is 10.0 Å². The molecule has 1 aromatic heterocycles. The van der Waals surface area contributed by atoms with E-state index >= 15 is 0 Å². The zero-order valence-corrected chi connectivity index (χ0v) is 13.3. The molecule has 2 rings (SSSR count). The number of halogens is 3. The molecule has 0 aliphatic rings. The number of pyridine rings is 1. The largest absolute Gasteiger partial charge is 0.369 e. The number of rotatable bonds is 5. The molecule has 0 aliphatic carbocycles. The van der Waals surface area contributed by atoms with E-state index < -0.39 is 0 Å². The summed E-state index contributed by atoms with van der Waals surface area (Å²) in [6.45, 7) is 4.67. The maximum absolute atomic E-state index is 13.8. The third-order valence-corrected chi connectivity index (χ3v) is 3.42. The molecule has 2 N–H and O–H groups in total. The Labute approximate surface area is 133 Å². The van der Waals surface area contributed by atoms with E-state index in [-0.39, 0.29) is 5.82 Å². The van der Waals surface area contributed by atoms with Crippen molar-refractivity contribution in [1.82, 2.24) is 4.98 Å². The summed E-state index contributed by atoms with van der Waals surface area (Å²) < 4.78 is 13.8. The molecule has 3 nitrogen and oxygen atoms in total. The van der Waals surface area contributed by atoms with Gasteiger partial charge in [-0.15, -0.1) is 0 Å². The Hall–Kier alpha value is -1.52. The molecule has 1 heterocycles. The van der Waals surface area contributed by atoms with Gasteiger partial charge in [0.1, 0.15) is 11.6 Å². The van der Waals surface area contributed by atoms with E-state index in [0.717, 1.165) is 18.5 Å². The fraction of sp³-hybridized carbons (Fsp3) is 0.267. The smallest absolute Gasteiger partial charge is 0.151 e. The summed E-state index contributed by atoms with van der Waals surface area (Å²) in [6, 6.07) is 6.38. The van der Waals surface area contributed by atoms with Crippen molar-refractivity contribution in [3.05, 3.63) is 45.7 Å². The third-order valence-electron chi connectivity index (χ3n) is 2.85. The van der Waals surface area contributed by atoms with E-state index in [4.69, 9.17) is 23.2 Å². The van der Waals surface area contributed by atoms with Crippen LogP contribution in [0.1, 0.15) is 18.9 Å². The SMILES string of the molecule is CCCNc1nc(Nc2cc(C)ccc2F)c(Cl)cc1Cl. The Bertz CT molecular complexity index is 647. The molecule has 0 saturated carbocycles. The van der Waals surface area contributed by atoms with Gasteiger partial charge in [0.05, 0.1) is 15.7 Å². The topological polar surface area (TPSA) is 37.0 Å². The van der Waals surface area contributed by atoms with E-state index in [1.165, 1.54) is 6.07 Å². The second-order valence-electron chi connectivity index (χ2n) is 4.68. The second-order valence-corrected chi connectivity index (χ2v) is 5.50. The zero-order chi connectivity index (χ0) is 15.4. The summed E-state index contributed by atoms with van der Waals surface area (Å²) in [5, 5.41) is 6.79. The molecule has 2 aromatic rings. The summed E-state index contributed by atoms with van der Waals surface area (Å²) >= 11 is 12.2. The molecule has 0 saturated heterocycles. The van der Waals surface area contributed by atoms with Crippen LogP contribution in [-0.4, -0.2) is 11.5 Å². The molecule has 0 radical (unpaired) electrons. The van der Waals surface area contributed by atoms with Gasteiger partial charge in [0.25, 0.3) is 0 Å². The number of benzene rings is 1. The van der Waals surface area contributed by atoms with Crippen LogP contribution in [0, 0.1) is 12.7 Å². The lowest BCUT2D eigenvalue weighted by Gasteiger charge is -2.13. The van der Waals surface area contributed by atoms with Crippen LogP contribution >= 0.6 is 23.2 Å². The number of aryl methyl sites for hydroxylation is 1. The van der Waals surface area contributed by atoms with Crippen LogP contribution in [0.5, 0.6) is 0 Å². The first kappa shape index (κ1) is 15.9. The third kappa shape index (κ3) is 3.99. The molecular weight excluding hydrogens is 312 g/mol. The number of nitrogens with zero attached hydrogens (tertiary/aromatic N) is 1. The molecule has 0 aliphatic heterocycles. The van der Waals surface area contributed by atoms with Crippen molar-refractivity contribution >= 4 is 40.5 Å². The van der Waals surface area contributed by atoms with Gasteiger partial charge in [-0.05, 0) is 37.1 Å². The van der Waals surface area contributed by atoms with Crippen molar-refractivity contribution < 1.29 is 4.39 Å². The van der Waals surface area contributed by atoms with Crippen molar-refractivity contribution in [1.29, 1.82) is 0 Å². The molecule has 6 heteroatoms. The van der Waals surface area contributed by atoms with Crippen LogP contribution < -0.4 is 10.6 Å². The number of hydrogen-bond donors (Lipinski definition) is 2. The number of anilines is 3. The molecule has 0 amide bonds. The Kier molecular flexibility index (Phi) is 5.26. The Morgan fingerprint density at radius 1 is 1.14 bits per heavy atom. The summed E-state index contributed by atoms with van der Waals surface area (Å²) in [4.78, 5) is 4.32. The van der Waals surface area contributed by atoms with Crippen LogP contribution in [0.3, 0.4) is 0 Å². The minimum Gasteiger partial charge on any atom is -0.369 e. The van der Waals surface area contributed by atoms with E-state index in [9.17, 15) is 4.39 Å². The highest BCUT2D eigenvalue weighted by atomic mass is 35.5. The molecule has 0 spiro atoms. The van der Waals surface area contributed by atoms with Gasteiger partial charge in [0, 0.05) is 6.54 Å². The van der Waals surface area contributed by atoms with E-state index in [1.807, 2.05) is 13.8 Å². The summed E-state index contributed by atoms with van der Waals surface area (Å²) in [5.74, 6) is 0.527. The predicted molar refractivity (Wildman–Crippen MR) is 87.5 cm³/mol. The van der Waals surface area contributed by atoms with Gasteiger partial charge < -0.3 is 10.6 Å². The van der Waals surface area contributed by atoms with Gasteiger partial charge >= 0.3 is 0 Å². The van der Waals surface area contributed by atoms with Crippen molar-refractivity contribution in [2.45, 2.75) is 20.3 Å². The Morgan fingerprint density at radius 3 is 2.57 bits per heavy atom. The van der Waals surface area contributed by atoms with E-state index in [1.54, 1.807) is 18.2 Å². The van der Waals surface area contributed by atoms with Gasteiger partial charge in [-0.2, -0.15) is 0 Å². The van der Waals surface area contributed by atoms with E-state index in [0.29, 0.717) is 27.4 Å². The first-order chi connectivity index (χ1) is 10.0. The maximum Gasteiger partial charge on any atom is 0.151 e. The summed E-state index contributed by atoms with van der Waals surface area (Å²) in [7, 11) is 0. The summed E-state index contributed by atoms with van der Waals surface area (Å²) in [6.07, 6.45) is 0.940. The highest BCUT2D eigenvalue weighted by Crippen LogP contribution is 2.31. The van der Waals surface area contributed by atoms with Crippen molar-refractivity contribution in [2.75, 3.05) is 17.2 Å². The van der Waals surface area contributed by atoms with Crippen molar-refractivity contribution in [2.24, 2.45) is 0 Å². The lowest BCUT2D eigenvalue weighted by atomic mass is 10.2. The molecule has 0 unspecified atom stereocenters. The number of aromatic nitrogens is 1. The van der Waals surface area contributed by atoms with Crippen LogP contribution in [0.15, 0.2) is 24.3 Å². The average Bonchev–Trinajstić information content (AvgIpc) is 2.44. The van der Waals surface area contributed by atoms with Gasteiger partial charge in [-0.1, -0.05) is 36.2 Å². The lowest BCUT2D eigenvalue weighted by Crippen LogP contribution is -2.05.